The van der Waals surface area contributed by atoms with Gasteiger partial charge in [-0.25, -0.2) is 4.79 Å². The number of aryl methyl sites for hydroxylation is 2. The second-order valence-electron chi connectivity index (χ2n) is 5.89. The molecule has 6 heteroatoms. The summed E-state index contributed by atoms with van der Waals surface area (Å²) in [5.41, 5.74) is 3.14. The molecule has 0 saturated carbocycles. The van der Waals surface area contributed by atoms with Crippen molar-refractivity contribution in [1.29, 1.82) is 5.26 Å². The molecule has 26 heavy (non-hydrogen) atoms. The summed E-state index contributed by atoms with van der Waals surface area (Å²) in [4.78, 5) is 26.2. The molecule has 0 N–H and O–H groups in total. The molecule has 2 rings (SSSR count). The maximum absolute atomic E-state index is 12.6. The van der Waals surface area contributed by atoms with E-state index in [1.807, 2.05) is 44.2 Å². The molecule has 0 spiro atoms. The lowest BCUT2D eigenvalue weighted by molar-refractivity contribution is -0.121. The standard InChI is InChI=1S/C20H19IN2O3/c1-14-9-15(2)11-18(10-14)23(8-4-7-22)19(24)13-26-20(25)16-5-3-6-17(21)12-16/h3,5-6,9-12H,4,8,13H2,1-2H3. The van der Waals surface area contributed by atoms with Crippen LogP contribution in [0.5, 0.6) is 0 Å². The van der Waals surface area contributed by atoms with E-state index in [-0.39, 0.29) is 25.5 Å². The minimum absolute atomic E-state index is 0.198. The third-order valence-corrected chi connectivity index (χ3v) is 4.32. The number of ether oxygens (including phenoxy) is 1. The van der Waals surface area contributed by atoms with Gasteiger partial charge in [0.25, 0.3) is 5.91 Å². The first-order valence-corrected chi connectivity index (χ1v) is 9.17. The minimum Gasteiger partial charge on any atom is -0.452 e. The average Bonchev–Trinajstić information content (AvgIpc) is 2.59. The highest BCUT2D eigenvalue weighted by Gasteiger charge is 2.18. The van der Waals surface area contributed by atoms with Gasteiger partial charge in [0.1, 0.15) is 0 Å². The Bertz CT molecular complexity index is 838. The summed E-state index contributed by atoms with van der Waals surface area (Å²) in [7, 11) is 0. The van der Waals surface area contributed by atoms with Crippen molar-refractivity contribution in [1.82, 2.24) is 0 Å². The quantitative estimate of drug-likeness (QED) is 0.481. The highest BCUT2D eigenvalue weighted by atomic mass is 127. The van der Waals surface area contributed by atoms with E-state index in [0.717, 1.165) is 14.7 Å². The molecular weight excluding hydrogens is 443 g/mol. The summed E-state index contributed by atoms with van der Waals surface area (Å²) >= 11 is 2.11. The third-order valence-electron chi connectivity index (χ3n) is 3.65. The number of carbonyl (C=O) groups is 2. The fourth-order valence-electron chi connectivity index (χ4n) is 2.57. The molecule has 0 aliphatic carbocycles. The molecule has 0 saturated heterocycles. The van der Waals surface area contributed by atoms with Crippen molar-refractivity contribution in [3.63, 3.8) is 0 Å². The van der Waals surface area contributed by atoms with E-state index in [2.05, 4.69) is 22.6 Å². The zero-order chi connectivity index (χ0) is 19.1. The number of rotatable bonds is 6. The zero-order valence-corrected chi connectivity index (χ0v) is 16.8. The first-order valence-electron chi connectivity index (χ1n) is 8.09. The fourth-order valence-corrected chi connectivity index (χ4v) is 3.11. The smallest absolute Gasteiger partial charge is 0.338 e. The van der Waals surface area contributed by atoms with Gasteiger partial charge in [0.2, 0.25) is 0 Å². The van der Waals surface area contributed by atoms with Crippen LogP contribution in [0.2, 0.25) is 0 Å². The Morgan fingerprint density at radius 1 is 1.15 bits per heavy atom. The molecule has 134 valence electrons. The van der Waals surface area contributed by atoms with Gasteiger partial charge in [-0.15, -0.1) is 0 Å². The summed E-state index contributed by atoms with van der Waals surface area (Å²) < 4.78 is 6.08. The van der Waals surface area contributed by atoms with Gasteiger partial charge in [-0.1, -0.05) is 12.1 Å². The molecular formula is C20H19IN2O3. The lowest BCUT2D eigenvalue weighted by Crippen LogP contribution is -2.35. The van der Waals surface area contributed by atoms with Crippen molar-refractivity contribution < 1.29 is 14.3 Å². The van der Waals surface area contributed by atoms with Gasteiger partial charge in [0.15, 0.2) is 6.61 Å². The molecule has 1 amide bonds. The number of nitrogens with zero attached hydrogens (tertiary/aromatic N) is 2. The number of benzene rings is 2. The molecule has 2 aromatic rings. The van der Waals surface area contributed by atoms with Crippen molar-refractivity contribution in [2.24, 2.45) is 0 Å². The number of hydrogen-bond donors (Lipinski definition) is 0. The molecule has 2 aromatic carbocycles. The molecule has 0 unspecified atom stereocenters. The van der Waals surface area contributed by atoms with Gasteiger partial charge in [0, 0.05) is 15.8 Å². The van der Waals surface area contributed by atoms with Gasteiger partial charge in [-0.2, -0.15) is 5.26 Å². The van der Waals surface area contributed by atoms with Crippen LogP contribution in [0.15, 0.2) is 42.5 Å². The minimum atomic E-state index is -0.544. The van der Waals surface area contributed by atoms with Gasteiger partial charge < -0.3 is 9.64 Å². The van der Waals surface area contributed by atoms with Crippen LogP contribution in [0, 0.1) is 28.7 Å². The van der Waals surface area contributed by atoms with E-state index in [1.54, 1.807) is 18.2 Å². The Kier molecular flexibility index (Phi) is 7.16. The van der Waals surface area contributed by atoms with Crippen LogP contribution in [-0.4, -0.2) is 25.0 Å². The summed E-state index contributed by atoms with van der Waals surface area (Å²) in [5.74, 6) is -0.901. The number of anilines is 1. The van der Waals surface area contributed by atoms with Crippen molar-refractivity contribution in [2.45, 2.75) is 20.3 Å². The van der Waals surface area contributed by atoms with E-state index in [0.29, 0.717) is 11.3 Å². The van der Waals surface area contributed by atoms with E-state index in [1.165, 1.54) is 4.90 Å². The van der Waals surface area contributed by atoms with Crippen LogP contribution in [0.4, 0.5) is 5.69 Å². The molecule has 0 bridgehead atoms. The maximum Gasteiger partial charge on any atom is 0.338 e. The second-order valence-corrected chi connectivity index (χ2v) is 7.13. The molecule has 0 radical (unpaired) electrons. The van der Waals surface area contributed by atoms with Gasteiger partial charge in [0.05, 0.1) is 18.1 Å². The molecule has 0 aliphatic rings. The van der Waals surface area contributed by atoms with Crippen LogP contribution < -0.4 is 4.90 Å². The predicted octanol–water partition coefficient (Wildman–Crippen LogP) is 4.01. The zero-order valence-electron chi connectivity index (χ0n) is 14.7. The molecule has 0 aliphatic heterocycles. The third kappa shape index (κ3) is 5.56. The highest BCUT2D eigenvalue weighted by molar-refractivity contribution is 14.1. The Morgan fingerprint density at radius 3 is 2.46 bits per heavy atom. The largest absolute Gasteiger partial charge is 0.452 e. The van der Waals surface area contributed by atoms with Gasteiger partial charge in [-0.3, -0.25) is 4.79 Å². The van der Waals surface area contributed by atoms with E-state index in [9.17, 15) is 9.59 Å². The fraction of sp³-hybridized carbons (Fsp3) is 0.250. The number of amides is 1. The SMILES string of the molecule is Cc1cc(C)cc(N(CCC#N)C(=O)COC(=O)c2cccc(I)c2)c1. The van der Waals surface area contributed by atoms with Crippen LogP contribution in [-0.2, 0) is 9.53 Å². The Balaban J connectivity index is 2.11. The van der Waals surface area contributed by atoms with Crippen LogP contribution in [0.25, 0.3) is 0 Å². The number of carbonyl (C=O) groups excluding carboxylic acids is 2. The second kappa shape index (κ2) is 9.34. The van der Waals surface area contributed by atoms with Crippen molar-refractivity contribution in [3.05, 3.63) is 62.7 Å². The maximum atomic E-state index is 12.6. The van der Waals surface area contributed by atoms with Crippen LogP contribution in [0.1, 0.15) is 27.9 Å². The molecule has 0 atom stereocenters. The Hall–Kier alpha value is -2.40. The van der Waals surface area contributed by atoms with Crippen molar-refractivity contribution in [3.8, 4) is 6.07 Å². The van der Waals surface area contributed by atoms with Crippen molar-refractivity contribution >= 4 is 40.2 Å². The molecule has 5 nitrogen and oxygen atoms in total. The summed E-state index contributed by atoms with van der Waals surface area (Å²) in [5, 5.41) is 8.87. The summed E-state index contributed by atoms with van der Waals surface area (Å²) in [6, 6.07) is 14.8. The number of nitriles is 1. The molecule has 0 heterocycles. The summed E-state index contributed by atoms with van der Waals surface area (Å²) in [6.45, 7) is 3.77. The van der Waals surface area contributed by atoms with E-state index in [4.69, 9.17) is 10.00 Å². The van der Waals surface area contributed by atoms with Gasteiger partial charge in [-0.05, 0) is 77.9 Å². The number of halogens is 1. The van der Waals surface area contributed by atoms with E-state index >= 15 is 0 Å². The van der Waals surface area contributed by atoms with Crippen LogP contribution >= 0.6 is 22.6 Å². The first kappa shape index (κ1) is 19.9. The highest BCUT2D eigenvalue weighted by Crippen LogP contribution is 2.19. The van der Waals surface area contributed by atoms with Gasteiger partial charge >= 0.3 is 5.97 Å². The predicted molar refractivity (Wildman–Crippen MR) is 108 cm³/mol. The Labute approximate surface area is 166 Å². The first-order chi connectivity index (χ1) is 12.4. The molecule has 0 aromatic heterocycles. The normalized spacial score (nSPS) is 10.1. The topological polar surface area (TPSA) is 70.4 Å². The Morgan fingerprint density at radius 2 is 1.85 bits per heavy atom. The lowest BCUT2D eigenvalue weighted by Gasteiger charge is -2.22. The van der Waals surface area contributed by atoms with Crippen LogP contribution in [0.3, 0.4) is 0 Å². The number of hydrogen-bond acceptors (Lipinski definition) is 4. The lowest BCUT2D eigenvalue weighted by atomic mass is 10.1. The summed E-state index contributed by atoms with van der Waals surface area (Å²) in [6.07, 6.45) is 0.198. The molecule has 0 fully saturated rings. The van der Waals surface area contributed by atoms with E-state index < -0.39 is 5.97 Å². The number of esters is 1. The van der Waals surface area contributed by atoms with Crippen molar-refractivity contribution in [2.75, 3.05) is 18.1 Å². The monoisotopic (exact) mass is 462 g/mol. The average molecular weight is 462 g/mol.